The van der Waals surface area contributed by atoms with Gasteiger partial charge < -0.3 is 20.3 Å². The molecule has 0 saturated carbocycles. The monoisotopic (exact) mass is 480 g/mol. The molecule has 2 heterocycles. The average Bonchev–Trinajstić information content (AvgIpc) is 2.83. The number of rotatable bonds is 7. The number of piperidine rings is 1. The largest absolute Gasteiger partial charge is 0.444 e. The van der Waals surface area contributed by atoms with Gasteiger partial charge in [0, 0.05) is 44.4 Å². The highest BCUT2D eigenvalue weighted by atomic mass is 16.6. The Hall–Kier alpha value is -3.42. The van der Waals surface area contributed by atoms with Crippen molar-refractivity contribution >= 4 is 17.9 Å². The lowest BCUT2D eigenvalue weighted by Crippen LogP contribution is -2.42. The Labute approximate surface area is 207 Å². The van der Waals surface area contributed by atoms with Crippen LogP contribution in [0.3, 0.4) is 0 Å². The minimum absolute atomic E-state index is 0.223. The van der Waals surface area contributed by atoms with E-state index in [0.29, 0.717) is 43.2 Å². The third-order valence-corrected chi connectivity index (χ3v) is 5.93. The van der Waals surface area contributed by atoms with E-state index in [-0.39, 0.29) is 23.6 Å². The number of amides is 3. The Bertz CT molecular complexity index is 1030. The number of hydrogen-bond donors (Lipinski definition) is 2. The van der Waals surface area contributed by atoms with Gasteiger partial charge in [-0.15, -0.1) is 0 Å². The molecular weight excluding hydrogens is 444 g/mol. The summed E-state index contributed by atoms with van der Waals surface area (Å²) >= 11 is 0. The Balaban J connectivity index is 1.54. The standard InChI is InChI=1S/C27H36N4O4/c1-27(2,3)35-26(34)31-14-11-19(12-15-31)10-13-29-24(32)21-17-22(16-20-8-6-5-7-9-20)30-23(18-21)25(33)28-4/h5-9,17-19H,10-16H2,1-4H3,(H,28,33)(H,29,32). The van der Waals surface area contributed by atoms with Crippen LogP contribution in [0.15, 0.2) is 42.5 Å². The van der Waals surface area contributed by atoms with Crippen molar-refractivity contribution in [2.24, 2.45) is 5.92 Å². The van der Waals surface area contributed by atoms with E-state index in [0.717, 1.165) is 24.8 Å². The first-order valence-corrected chi connectivity index (χ1v) is 12.2. The Morgan fingerprint density at radius 2 is 1.74 bits per heavy atom. The normalized spacial score (nSPS) is 14.3. The summed E-state index contributed by atoms with van der Waals surface area (Å²) in [5, 5.41) is 5.56. The van der Waals surface area contributed by atoms with Crippen molar-refractivity contribution in [2.45, 2.75) is 52.1 Å². The van der Waals surface area contributed by atoms with Gasteiger partial charge in [0.05, 0.1) is 0 Å². The molecule has 1 aliphatic rings. The van der Waals surface area contributed by atoms with E-state index in [2.05, 4.69) is 15.6 Å². The molecule has 8 heteroatoms. The minimum Gasteiger partial charge on any atom is -0.444 e. The fourth-order valence-corrected chi connectivity index (χ4v) is 4.08. The number of nitrogens with zero attached hydrogens (tertiary/aromatic N) is 2. The van der Waals surface area contributed by atoms with Crippen LogP contribution in [0, 0.1) is 5.92 Å². The highest BCUT2D eigenvalue weighted by Crippen LogP contribution is 2.22. The summed E-state index contributed by atoms with van der Waals surface area (Å²) in [7, 11) is 1.54. The van der Waals surface area contributed by atoms with Crippen LogP contribution in [0.5, 0.6) is 0 Å². The predicted molar refractivity (Wildman–Crippen MR) is 134 cm³/mol. The number of pyridine rings is 1. The molecule has 1 aromatic heterocycles. The molecule has 8 nitrogen and oxygen atoms in total. The molecule has 0 radical (unpaired) electrons. The highest BCUT2D eigenvalue weighted by molar-refractivity contribution is 5.98. The lowest BCUT2D eigenvalue weighted by Gasteiger charge is -2.33. The quantitative estimate of drug-likeness (QED) is 0.628. The first kappa shape index (κ1) is 26.2. The summed E-state index contributed by atoms with van der Waals surface area (Å²) in [6.45, 7) is 7.45. The lowest BCUT2D eigenvalue weighted by molar-refractivity contribution is 0.0181. The third-order valence-electron chi connectivity index (χ3n) is 5.93. The smallest absolute Gasteiger partial charge is 0.410 e. The summed E-state index contributed by atoms with van der Waals surface area (Å²) in [4.78, 5) is 43.5. The van der Waals surface area contributed by atoms with Crippen molar-refractivity contribution in [3.8, 4) is 0 Å². The summed E-state index contributed by atoms with van der Waals surface area (Å²) in [6, 6.07) is 13.1. The maximum Gasteiger partial charge on any atom is 0.410 e. The maximum absolute atomic E-state index is 12.9. The van der Waals surface area contributed by atoms with Gasteiger partial charge in [0.2, 0.25) is 0 Å². The molecule has 3 amide bonds. The Kier molecular flexibility index (Phi) is 8.84. The van der Waals surface area contributed by atoms with Crippen LogP contribution in [0.2, 0.25) is 0 Å². The van der Waals surface area contributed by atoms with E-state index in [4.69, 9.17) is 4.74 Å². The molecule has 188 valence electrons. The highest BCUT2D eigenvalue weighted by Gasteiger charge is 2.26. The zero-order chi connectivity index (χ0) is 25.4. The van der Waals surface area contributed by atoms with Crippen LogP contribution in [0.25, 0.3) is 0 Å². The molecule has 2 aromatic rings. The SMILES string of the molecule is CNC(=O)c1cc(C(=O)NCCC2CCN(C(=O)OC(C)(C)C)CC2)cc(Cc2ccccc2)n1. The molecule has 0 atom stereocenters. The second kappa shape index (κ2) is 11.8. The zero-order valence-corrected chi connectivity index (χ0v) is 21.1. The number of carbonyl (C=O) groups is 3. The summed E-state index contributed by atoms with van der Waals surface area (Å²) < 4.78 is 5.45. The van der Waals surface area contributed by atoms with Crippen molar-refractivity contribution < 1.29 is 19.1 Å². The molecule has 1 fully saturated rings. The number of benzene rings is 1. The van der Waals surface area contributed by atoms with Crippen LogP contribution in [-0.2, 0) is 11.2 Å². The van der Waals surface area contributed by atoms with Gasteiger partial charge in [0.25, 0.3) is 11.8 Å². The molecule has 0 aliphatic carbocycles. The van der Waals surface area contributed by atoms with Crippen molar-refractivity contribution in [3.63, 3.8) is 0 Å². The summed E-state index contributed by atoms with van der Waals surface area (Å²) in [5.41, 5.74) is 1.86. The molecule has 1 saturated heterocycles. The van der Waals surface area contributed by atoms with Crippen LogP contribution in [-0.4, -0.2) is 60.1 Å². The van der Waals surface area contributed by atoms with Crippen LogP contribution in [0.4, 0.5) is 4.79 Å². The second-order valence-corrected chi connectivity index (χ2v) is 9.93. The van der Waals surface area contributed by atoms with Gasteiger partial charge >= 0.3 is 6.09 Å². The number of hydrogen-bond acceptors (Lipinski definition) is 5. The molecule has 2 N–H and O–H groups in total. The fourth-order valence-electron chi connectivity index (χ4n) is 4.08. The van der Waals surface area contributed by atoms with Gasteiger partial charge in [-0.1, -0.05) is 30.3 Å². The maximum atomic E-state index is 12.9. The fraction of sp³-hybridized carbons (Fsp3) is 0.481. The Morgan fingerprint density at radius 1 is 1.06 bits per heavy atom. The predicted octanol–water partition coefficient (Wildman–Crippen LogP) is 3.80. The number of likely N-dealkylation sites (tertiary alicyclic amines) is 1. The van der Waals surface area contributed by atoms with E-state index >= 15 is 0 Å². The molecule has 1 aliphatic heterocycles. The van der Waals surface area contributed by atoms with Gasteiger partial charge in [0.1, 0.15) is 11.3 Å². The van der Waals surface area contributed by atoms with E-state index in [1.807, 2.05) is 51.1 Å². The molecule has 35 heavy (non-hydrogen) atoms. The topological polar surface area (TPSA) is 101 Å². The third kappa shape index (κ3) is 8.09. The van der Waals surface area contributed by atoms with E-state index in [9.17, 15) is 14.4 Å². The summed E-state index contributed by atoms with van der Waals surface area (Å²) in [6.07, 6.45) is 2.86. The van der Waals surface area contributed by atoms with E-state index in [1.54, 1.807) is 18.0 Å². The van der Waals surface area contributed by atoms with E-state index < -0.39 is 5.60 Å². The lowest BCUT2D eigenvalue weighted by atomic mass is 9.94. The van der Waals surface area contributed by atoms with Gasteiger partial charge in [-0.25, -0.2) is 9.78 Å². The van der Waals surface area contributed by atoms with Gasteiger partial charge in [-0.05, 0) is 63.6 Å². The number of aromatic nitrogens is 1. The first-order valence-electron chi connectivity index (χ1n) is 12.2. The first-order chi connectivity index (χ1) is 16.6. The van der Waals surface area contributed by atoms with Crippen LogP contribution in [0.1, 0.15) is 72.1 Å². The van der Waals surface area contributed by atoms with Crippen LogP contribution >= 0.6 is 0 Å². The number of nitrogens with one attached hydrogen (secondary N) is 2. The molecule has 3 rings (SSSR count). The van der Waals surface area contributed by atoms with Crippen molar-refractivity contribution in [3.05, 3.63) is 65.0 Å². The molecular formula is C27H36N4O4. The minimum atomic E-state index is -0.496. The molecule has 0 unspecified atom stereocenters. The molecule has 0 spiro atoms. The number of carbonyl (C=O) groups excluding carboxylic acids is 3. The zero-order valence-electron chi connectivity index (χ0n) is 21.1. The number of ether oxygens (including phenoxy) is 1. The average molecular weight is 481 g/mol. The van der Waals surface area contributed by atoms with E-state index in [1.165, 1.54) is 6.07 Å². The molecule has 0 bridgehead atoms. The van der Waals surface area contributed by atoms with Crippen LogP contribution < -0.4 is 10.6 Å². The van der Waals surface area contributed by atoms with Crippen molar-refractivity contribution in [2.75, 3.05) is 26.7 Å². The second-order valence-electron chi connectivity index (χ2n) is 9.93. The van der Waals surface area contributed by atoms with Gasteiger partial charge in [0.15, 0.2) is 0 Å². The Morgan fingerprint density at radius 3 is 2.37 bits per heavy atom. The molecule has 1 aromatic carbocycles. The van der Waals surface area contributed by atoms with Crippen molar-refractivity contribution in [1.29, 1.82) is 0 Å². The van der Waals surface area contributed by atoms with Crippen molar-refractivity contribution in [1.82, 2.24) is 20.5 Å². The van der Waals surface area contributed by atoms with Gasteiger partial charge in [-0.3, -0.25) is 9.59 Å². The summed E-state index contributed by atoms with van der Waals surface area (Å²) in [5.74, 6) is -0.120. The van der Waals surface area contributed by atoms with Gasteiger partial charge in [-0.2, -0.15) is 0 Å².